The lowest BCUT2D eigenvalue weighted by molar-refractivity contribution is 0.102. The molecule has 0 radical (unpaired) electrons. The average Bonchev–Trinajstić information content (AvgIpc) is 2.64. The number of rotatable bonds is 6. The third kappa shape index (κ3) is 4.95. The molecular formula is C22H21BrN2O2. The van der Waals surface area contributed by atoms with Crippen molar-refractivity contribution in [3.63, 3.8) is 0 Å². The fourth-order valence-electron chi connectivity index (χ4n) is 2.74. The molecule has 0 aliphatic carbocycles. The Labute approximate surface area is 167 Å². The summed E-state index contributed by atoms with van der Waals surface area (Å²) in [4.78, 5) is 17.1. The van der Waals surface area contributed by atoms with E-state index in [1.807, 2.05) is 61.5 Å². The first-order chi connectivity index (χ1) is 13.1. The molecule has 3 aromatic rings. The maximum absolute atomic E-state index is 12.6. The predicted octanol–water partition coefficient (Wildman–Crippen LogP) is 6.15. The van der Waals surface area contributed by atoms with Crippen molar-refractivity contribution >= 4 is 27.5 Å². The van der Waals surface area contributed by atoms with E-state index in [1.54, 1.807) is 6.07 Å². The van der Waals surface area contributed by atoms with Gasteiger partial charge in [0.05, 0.1) is 15.7 Å². The van der Waals surface area contributed by atoms with Crippen LogP contribution in [0.15, 0.2) is 65.1 Å². The highest BCUT2D eigenvalue weighted by Crippen LogP contribution is 2.30. The van der Waals surface area contributed by atoms with Crippen molar-refractivity contribution in [3.8, 4) is 11.5 Å². The first-order valence-corrected chi connectivity index (χ1v) is 9.66. The number of benzene rings is 2. The molecule has 0 aliphatic heterocycles. The third-order valence-corrected chi connectivity index (χ3v) is 4.71. The normalized spacial score (nSPS) is 10.5. The molecule has 5 heteroatoms. The van der Waals surface area contributed by atoms with Gasteiger partial charge in [0, 0.05) is 17.4 Å². The molecule has 0 bridgehead atoms. The minimum absolute atomic E-state index is 0.180. The molecule has 0 spiro atoms. The van der Waals surface area contributed by atoms with Gasteiger partial charge in [0.25, 0.3) is 5.91 Å². The largest absolute Gasteiger partial charge is 0.456 e. The minimum atomic E-state index is -0.180. The SMILES string of the molecule is CCCc1ccc(C(=O)Nc2cccc(Oc3ccccc3Br)c2)c(C)n1. The smallest absolute Gasteiger partial charge is 0.257 e. The highest BCUT2D eigenvalue weighted by molar-refractivity contribution is 9.10. The highest BCUT2D eigenvalue weighted by atomic mass is 79.9. The predicted molar refractivity (Wildman–Crippen MR) is 112 cm³/mol. The zero-order valence-electron chi connectivity index (χ0n) is 15.3. The number of nitrogens with zero attached hydrogens (tertiary/aromatic N) is 1. The van der Waals surface area contributed by atoms with E-state index in [1.165, 1.54) is 0 Å². The lowest BCUT2D eigenvalue weighted by Gasteiger charge is -2.11. The van der Waals surface area contributed by atoms with Gasteiger partial charge in [-0.15, -0.1) is 0 Å². The molecule has 1 aromatic heterocycles. The summed E-state index contributed by atoms with van der Waals surface area (Å²) >= 11 is 3.47. The standard InChI is InChI=1S/C22H21BrN2O2/c1-3-7-16-12-13-19(15(2)24-16)22(26)25-17-8-6-9-18(14-17)27-21-11-5-4-10-20(21)23/h4-6,8-14H,3,7H2,1-2H3,(H,25,26). The molecule has 0 saturated heterocycles. The monoisotopic (exact) mass is 424 g/mol. The van der Waals surface area contributed by atoms with E-state index in [9.17, 15) is 4.79 Å². The van der Waals surface area contributed by atoms with Crippen molar-refractivity contribution in [1.82, 2.24) is 4.98 Å². The Morgan fingerprint density at radius 2 is 1.93 bits per heavy atom. The fourth-order valence-corrected chi connectivity index (χ4v) is 3.10. The Balaban J connectivity index is 1.74. The molecule has 27 heavy (non-hydrogen) atoms. The molecule has 138 valence electrons. The van der Waals surface area contributed by atoms with Crippen LogP contribution in [0.3, 0.4) is 0 Å². The van der Waals surface area contributed by atoms with E-state index in [-0.39, 0.29) is 5.91 Å². The molecule has 4 nitrogen and oxygen atoms in total. The van der Waals surface area contributed by atoms with E-state index in [2.05, 4.69) is 33.2 Å². The van der Waals surface area contributed by atoms with Gasteiger partial charge in [-0.1, -0.05) is 31.5 Å². The van der Waals surface area contributed by atoms with Crippen molar-refractivity contribution in [2.24, 2.45) is 0 Å². The van der Waals surface area contributed by atoms with Gasteiger partial charge in [0.1, 0.15) is 11.5 Å². The van der Waals surface area contributed by atoms with E-state index < -0.39 is 0 Å². The van der Waals surface area contributed by atoms with Gasteiger partial charge in [0.15, 0.2) is 0 Å². The van der Waals surface area contributed by atoms with Gasteiger partial charge in [-0.05, 0) is 65.7 Å². The van der Waals surface area contributed by atoms with Crippen LogP contribution in [0.5, 0.6) is 11.5 Å². The second kappa shape index (κ2) is 8.82. The van der Waals surface area contributed by atoms with Gasteiger partial charge in [-0.3, -0.25) is 9.78 Å². The average molecular weight is 425 g/mol. The number of anilines is 1. The van der Waals surface area contributed by atoms with Crippen LogP contribution < -0.4 is 10.1 Å². The van der Waals surface area contributed by atoms with Crippen LogP contribution in [-0.2, 0) is 6.42 Å². The summed E-state index contributed by atoms with van der Waals surface area (Å²) in [5.74, 6) is 1.18. The van der Waals surface area contributed by atoms with Crippen LogP contribution in [0, 0.1) is 6.92 Å². The molecular weight excluding hydrogens is 404 g/mol. The number of pyridine rings is 1. The van der Waals surface area contributed by atoms with Crippen molar-refractivity contribution in [2.75, 3.05) is 5.32 Å². The van der Waals surface area contributed by atoms with Crippen LogP contribution >= 0.6 is 15.9 Å². The van der Waals surface area contributed by atoms with Crippen LogP contribution in [0.2, 0.25) is 0 Å². The fraction of sp³-hybridized carbons (Fsp3) is 0.182. The Morgan fingerprint density at radius 1 is 1.11 bits per heavy atom. The van der Waals surface area contributed by atoms with Gasteiger partial charge in [0.2, 0.25) is 0 Å². The number of aryl methyl sites for hydroxylation is 2. The maximum atomic E-state index is 12.6. The second-order valence-electron chi connectivity index (χ2n) is 6.20. The maximum Gasteiger partial charge on any atom is 0.257 e. The molecule has 0 fully saturated rings. The van der Waals surface area contributed by atoms with Crippen LogP contribution in [-0.4, -0.2) is 10.9 Å². The number of nitrogens with one attached hydrogen (secondary N) is 1. The molecule has 1 amide bonds. The zero-order valence-corrected chi connectivity index (χ0v) is 16.9. The number of carbonyl (C=O) groups is 1. The van der Waals surface area contributed by atoms with Crippen LogP contribution in [0.25, 0.3) is 0 Å². The lowest BCUT2D eigenvalue weighted by Crippen LogP contribution is -2.14. The van der Waals surface area contributed by atoms with Crippen LogP contribution in [0.1, 0.15) is 35.1 Å². The summed E-state index contributed by atoms with van der Waals surface area (Å²) in [5, 5.41) is 2.92. The van der Waals surface area contributed by atoms with Gasteiger partial charge in [-0.2, -0.15) is 0 Å². The third-order valence-electron chi connectivity index (χ3n) is 4.05. The molecule has 0 aliphatic rings. The first-order valence-electron chi connectivity index (χ1n) is 8.87. The number of ether oxygens (including phenoxy) is 1. The molecule has 0 atom stereocenters. The molecule has 1 N–H and O–H groups in total. The number of aromatic nitrogens is 1. The van der Waals surface area contributed by atoms with Crippen molar-refractivity contribution in [2.45, 2.75) is 26.7 Å². The zero-order chi connectivity index (χ0) is 19.2. The quantitative estimate of drug-likeness (QED) is 0.516. The number of amides is 1. The highest BCUT2D eigenvalue weighted by Gasteiger charge is 2.12. The number of carbonyl (C=O) groups excluding carboxylic acids is 1. The molecule has 0 saturated carbocycles. The number of halogens is 1. The summed E-state index contributed by atoms with van der Waals surface area (Å²) < 4.78 is 6.76. The molecule has 2 aromatic carbocycles. The summed E-state index contributed by atoms with van der Waals surface area (Å²) in [6.07, 6.45) is 1.94. The van der Waals surface area contributed by atoms with Crippen molar-refractivity contribution in [3.05, 3.63) is 82.1 Å². The second-order valence-corrected chi connectivity index (χ2v) is 7.05. The summed E-state index contributed by atoms with van der Waals surface area (Å²) in [5.41, 5.74) is 2.99. The Morgan fingerprint density at radius 3 is 2.67 bits per heavy atom. The number of para-hydroxylation sites is 1. The molecule has 0 unspecified atom stereocenters. The van der Waals surface area contributed by atoms with Gasteiger partial charge in [-0.25, -0.2) is 0 Å². The molecule has 3 rings (SSSR count). The van der Waals surface area contributed by atoms with E-state index in [0.717, 1.165) is 28.7 Å². The number of hydrogen-bond acceptors (Lipinski definition) is 3. The Kier molecular flexibility index (Phi) is 6.24. The first kappa shape index (κ1) is 19.1. The number of hydrogen-bond donors (Lipinski definition) is 1. The lowest BCUT2D eigenvalue weighted by atomic mass is 10.1. The molecule has 1 heterocycles. The van der Waals surface area contributed by atoms with E-state index in [4.69, 9.17) is 4.74 Å². The van der Waals surface area contributed by atoms with Crippen molar-refractivity contribution < 1.29 is 9.53 Å². The van der Waals surface area contributed by atoms with E-state index in [0.29, 0.717) is 22.7 Å². The van der Waals surface area contributed by atoms with Gasteiger partial charge >= 0.3 is 0 Å². The van der Waals surface area contributed by atoms with Gasteiger partial charge < -0.3 is 10.1 Å². The summed E-state index contributed by atoms with van der Waals surface area (Å²) in [6, 6.07) is 18.7. The Hall–Kier alpha value is -2.66. The minimum Gasteiger partial charge on any atom is -0.456 e. The van der Waals surface area contributed by atoms with Crippen molar-refractivity contribution in [1.29, 1.82) is 0 Å². The summed E-state index contributed by atoms with van der Waals surface area (Å²) in [7, 11) is 0. The topological polar surface area (TPSA) is 51.2 Å². The summed E-state index contributed by atoms with van der Waals surface area (Å²) in [6.45, 7) is 3.97. The van der Waals surface area contributed by atoms with Crippen LogP contribution in [0.4, 0.5) is 5.69 Å². The Bertz CT molecular complexity index is 957. The van der Waals surface area contributed by atoms with E-state index >= 15 is 0 Å².